The smallest absolute Gasteiger partial charge is 0.289 e. The number of sulfonamides is 1. The molecule has 0 atom stereocenters. The number of thiophene rings is 1. The Morgan fingerprint density at radius 2 is 1.77 bits per heavy atom. The second-order valence-corrected chi connectivity index (χ2v) is 9.89. The maximum absolute atomic E-state index is 12.8. The third-order valence-electron chi connectivity index (χ3n) is 3.99. The van der Waals surface area contributed by atoms with Gasteiger partial charge in [0.05, 0.1) is 13.6 Å². The Bertz CT molecular complexity index is 952. The van der Waals surface area contributed by atoms with Gasteiger partial charge in [-0.25, -0.2) is 8.42 Å². The van der Waals surface area contributed by atoms with Crippen molar-refractivity contribution >= 4 is 48.9 Å². The molecule has 0 spiro atoms. The molecule has 2 aromatic rings. The average Bonchev–Trinajstić information content (AvgIpc) is 3.07. The van der Waals surface area contributed by atoms with Crippen molar-refractivity contribution in [2.45, 2.75) is 4.90 Å². The van der Waals surface area contributed by atoms with Crippen LogP contribution in [0.2, 0.25) is 0 Å². The fourth-order valence-electron chi connectivity index (χ4n) is 2.68. The fraction of sp³-hybridized carbons (Fsp3) is 0.267. The largest absolute Gasteiger partial charge is 0.335 e. The molecule has 0 radical (unpaired) electrons. The van der Waals surface area contributed by atoms with Crippen LogP contribution in [0.25, 0.3) is 0 Å². The van der Waals surface area contributed by atoms with Crippen LogP contribution in [0.3, 0.4) is 0 Å². The molecule has 1 aliphatic heterocycles. The zero-order valence-electron chi connectivity index (χ0n) is 13.4. The minimum absolute atomic E-state index is 0.0899. The van der Waals surface area contributed by atoms with Gasteiger partial charge in [0.1, 0.15) is 0 Å². The predicted octanol–water partition coefficient (Wildman–Crippen LogP) is 2.57. The standard InChI is InChI=1S/C15H14BrN3O5S2/c16-14-6-5-12(25-14)15(20)17-7-9-18(10-8-17)26(23,24)13-4-2-1-3-11(13)19(21)22/h1-6H,7-10H2. The lowest BCUT2D eigenvalue weighted by Crippen LogP contribution is -2.50. The van der Waals surface area contributed by atoms with Crippen LogP contribution in [0.5, 0.6) is 0 Å². The van der Waals surface area contributed by atoms with E-state index in [1.54, 1.807) is 17.0 Å². The topological polar surface area (TPSA) is 101 Å². The van der Waals surface area contributed by atoms with E-state index in [0.717, 1.165) is 3.79 Å². The zero-order chi connectivity index (χ0) is 18.9. The van der Waals surface area contributed by atoms with Crippen LogP contribution in [-0.2, 0) is 10.0 Å². The van der Waals surface area contributed by atoms with Crippen molar-refractivity contribution in [3.8, 4) is 0 Å². The van der Waals surface area contributed by atoms with Crippen molar-refractivity contribution < 1.29 is 18.1 Å². The Morgan fingerprint density at radius 1 is 1.12 bits per heavy atom. The quantitative estimate of drug-likeness (QED) is 0.516. The van der Waals surface area contributed by atoms with Crippen LogP contribution < -0.4 is 0 Å². The number of carbonyl (C=O) groups is 1. The van der Waals surface area contributed by atoms with Crippen molar-refractivity contribution in [2.75, 3.05) is 26.2 Å². The van der Waals surface area contributed by atoms with Crippen molar-refractivity contribution in [1.82, 2.24) is 9.21 Å². The van der Waals surface area contributed by atoms with E-state index in [-0.39, 0.29) is 37.0 Å². The molecule has 1 aliphatic rings. The van der Waals surface area contributed by atoms with Crippen molar-refractivity contribution in [1.29, 1.82) is 0 Å². The highest BCUT2D eigenvalue weighted by atomic mass is 79.9. The molecular weight excluding hydrogens is 446 g/mol. The molecule has 26 heavy (non-hydrogen) atoms. The van der Waals surface area contributed by atoms with E-state index in [9.17, 15) is 23.3 Å². The van der Waals surface area contributed by atoms with Gasteiger partial charge in [-0.15, -0.1) is 11.3 Å². The lowest BCUT2D eigenvalue weighted by molar-refractivity contribution is -0.387. The number of hydrogen-bond donors (Lipinski definition) is 0. The van der Waals surface area contributed by atoms with E-state index in [1.807, 2.05) is 0 Å². The Hall–Kier alpha value is -1.82. The molecule has 0 unspecified atom stereocenters. The van der Waals surface area contributed by atoms with Crippen LogP contribution in [0, 0.1) is 10.1 Å². The van der Waals surface area contributed by atoms with Gasteiger partial charge in [-0.2, -0.15) is 4.31 Å². The number of nitro benzene ring substituents is 1. The Balaban J connectivity index is 1.75. The second-order valence-electron chi connectivity index (χ2n) is 5.52. The monoisotopic (exact) mass is 459 g/mol. The molecule has 138 valence electrons. The number of nitrogens with zero attached hydrogens (tertiary/aromatic N) is 3. The Morgan fingerprint density at radius 3 is 2.35 bits per heavy atom. The summed E-state index contributed by atoms with van der Waals surface area (Å²) in [6.45, 7) is 0.641. The van der Waals surface area contributed by atoms with E-state index >= 15 is 0 Å². The second kappa shape index (κ2) is 7.43. The number of halogens is 1. The Kier molecular flexibility index (Phi) is 5.42. The highest BCUT2D eigenvalue weighted by Gasteiger charge is 2.34. The van der Waals surface area contributed by atoms with Gasteiger partial charge in [0, 0.05) is 32.2 Å². The van der Waals surface area contributed by atoms with E-state index in [2.05, 4.69) is 15.9 Å². The van der Waals surface area contributed by atoms with Crippen LogP contribution in [0.15, 0.2) is 45.1 Å². The van der Waals surface area contributed by atoms with E-state index < -0.39 is 20.6 Å². The number of benzene rings is 1. The normalized spacial score (nSPS) is 15.8. The number of amides is 1. The molecule has 0 bridgehead atoms. The first-order valence-electron chi connectivity index (χ1n) is 7.59. The number of nitro groups is 1. The summed E-state index contributed by atoms with van der Waals surface area (Å²) in [5.41, 5.74) is -0.450. The molecule has 11 heteroatoms. The number of hydrogen-bond acceptors (Lipinski definition) is 6. The van der Waals surface area contributed by atoms with Gasteiger partial charge in [0.2, 0.25) is 10.0 Å². The summed E-state index contributed by atoms with van der Waals surface area (Å²) >= 11 is 4.63. The highest BCUT2D eigenvalue weighted by Crippen LogP contribution is 2.28. The summed E-state index contributed by atoms with van der Waals surface area (Å²) in [5.74, 6) is -0.150. The van der Waals surface area contributed by atoms with E-state index in [1.165, 1.54) is 39.9 Å². The molecule has 8 nitrogen and oxygen atoms in total. The van der Waals surface area contributed by atoms with Crippen LogP contribution >= 0.6 is 27.3 Å². The molecular formula is C15H14BrN3O5S2. The number of carbonyl (C=O) groups excluding carboxylic acids is 1. The lowest BCUT2D eigenvalue weighted by atomic mass is 10.3. The molecule has 1 aromatic heterocycles. The summed E-state index contributed by atoms with van der Waals surface area (Å²) in [4.78, 5) is 24.7. The number of rotatable bonds is 4. The fourth-order valence-corrected chi connectivity index (χ4v) is 5.62. The highest BCUT2D eigenvalue weighted by molar-refractivity contribution is 9.11. The van der Waals surface area contributed by atoms with E-state index in [0.29, 0.717) is 4.88 Å². The molecule has 1 fully saturated rings. The van der Waals surface area contributed by atoms with Crippen LogP contribution in [0.4, 0.5) is 5.69 Å². The third-order valence-corrected chi connectivity index (χ3v) is 7.55. The molecule has 1 saturated heterocycles. The molecule has 0 N–H and O–H groups in total. The average molecular weight is 460 g/mol. The first-order chi connectivity index (χ1) is 12.3. The van der Waals surface area contributed by atoms with Crippen molar-refractivity contribution in [3.63, 3.8) is 0 Å². The van der Waals surface area contributed by atoms with Crippen LogP contribution in [-0.4, -0.2) is 54.6 Å². The molecule has 3 rings (SSSR count). The van der Waals surface area contributed by atoms with Gasteiger partial charge >= 0.3 is 0 Å². The van der Waals surface area contributed by atoms with Gasteiger partial charge in [-0.1, -0.05) is 12.1 Å². The molecule has 1 aromatic carbocycles. The zero-order valence-corrected chi connectivity index (χ0v) is 16.6. The minimum atomic E-state index is -4.00. The Labute approximate surface area is 162 Å². The van der Waals surface area contributed by atoms with Gasteiger partial charge in [-0.3, -0.25) is 14.9 Å². The maximum Gasteiger partial charge on any atom is 0.289 e. The summed E-state index contributed by atoms with van der Waals surface area (Å²) < 4.78 is 27.6. The van der Waals surface area contributed by atoms with Gasteiger partial charge < -0.3 is 4.90 Å². The van der Waals surface area contributed by atoms with Crippen molar-refractivity contribution in [2.24, 2.45) is 0 Å². The number of piperazine rings is 1. The first kappa shape index (κ1) is 19.0. The lowest BCUT2D eigenvalue weighted by Gasteiger charge is -2.33. The molecule has 0 saturated carbocycles. The third kappa shape index (κ3) is 3.65. The molecule has 0 aliphatic carbocycles. The van der Waals surface area contributed by atoms with Gasteiger partial charge in [0.25, 0.3) is 11.6 Å². The SMILES string of the molecule is O=C(c1ccc(Br)s1)N1CCN(S(=O)(=O)c2ccccc2[N+](=O)[O-])CC1. The summed E-state index contributed by atoms with van der Waals surface area (Å²) in [6, 6.07) is 8.78. The minimum Gasteiger partial charge on any atom is -0.335 e. The van der Waals surface area contributed by atoms with Crippen LogP contribution in [0.1, 0.15) is 9.67 Å². The van der Waals surface area contributed by atoms with E-state index in [4.69, 9.17) is 0 Å². The van der Waals surface area contributed by atoms with Crippen molar-refractivity contribution in [3.05, 3.63) is 55.2 Å². The maximum atomic E-state index is 12.8. The summed E-state index contributed by atoms with van der Waals surface area (Å²) in [6.07, 6.45) is 0. The van der Waals surface area contributed by atoms with Gasteiger partial charge in [-0.05, 0) is 34.1 Å². The summed E-state index contributed by atoms with van der Waals surface area (Å²) in [5, 5.41) is 11.1. The number of para-hydroxylation sites is 1. The van der Waals surface area contributed by atoms with Gasteiger partial charge in [0.15, 0.2) is 4.90 Å². The first-order valence-corrected chi connectivity index (χ1v) is 10.6. The molecule has 2 heterocycles. The summed E-state index contributed by atoms with van der Waals surface area (Å²) in [7, 11) is -4.00. The predicted molar refractivity (Wildman–Crippen MR) is 99.8 cm³/mol. The molecule has 1 amide bonds.